The monoisotopic (exact) mass is 482 g/mol. The Bertz CT molecular complexity index is 1260. The first kappa shape index (κ1) is 22.8. The fraction of sp³-hybridized carbons (Fsp3) is 0.391. The lowest BCUT2D eigenvalue weighted by Gasteiger charge is -2.57. The fourth-order valence-electron chi connectivity index (χ4n) is 4.93. The molecule has 35 heavy (non-hydrogen) atoms. The number of alkyl halides is 3. The smallest absolute Gasteiger partial charge is 0.367 e. The molecule has 3 aromatic rings. The molecule has 2 atom stereocenters. The zero-order valence-corrected chi connectivity index (χ0v) is 18.6. The quantitative estimate of drug-likeness (QED) is 0.594. The fourth-order valence-corrected chi connectivity index (χ4v) is 4.93. The van der Waals surface area contributed by atoms with Gasteiger partial charge in [-0.15, -0.1) is 0 Å². The van der Waals surface area contributed by atoms with Crippen molar-refractivity contribution in [3.05, 3.63) is 59.8 Å². The second-order valence-electron chi connectivity index (χ2n) is 8.85. The van der Waals surface area contributed by atoms with Crippen molar-refractivity contribution in [2.24, 2.45) is 11.8 Å². The van der Waals surface area contributed by atoms with Crippen LogP contribution in [0, 0.1) is 23.2 Å². The minimum absolute atomic E-state index is 0.0402. The normalized spacial score (nSPS) is 23.3. The van der Waals surface area contributed by atoms with Gasteiger partial charge < -0.3 is 10.2 Å². The SMILES string of the molecule is C[C@@H]1C2CC(C2)N(C(=O)c2cc(C#N)ccc2-n2nccn2)C1CNc1cnc(C(F)(F)F)cn1. The van der Waals surface area contributed by atoms with Crippen LogP contribution in [0.15, 0.2) is 43.0 Å². The average molecular weight is 482 g/mol. The Kier molecular flexibility index (Phi) is 5.62. The lowest BCUT2D eigenvalue weighted by molar-refractivity contribution is -0.141. The van der Waals surface area contributed by atoms with Crippen molar-refractivity contribution >= 4 is 11.7 Å². The van der Waals surface area contributed by atoms with Crippen molar-refractivity contribution in [2.75, 3.05) is 11.9 Å². The zero-order chi connectivity index (χ0) is 24.7. The number of fused-ring (bicyclic) bond motifs is 2. The van der Waals surface area contributed by atoms with Gasteiger partial charge in [-0.25, -0.2) is 9.97 Å². The van der Waals surface area contributed by atoms with E-state index in [-0.39, 0.29) is 29.7 Å². The molecule has 1 N–H and O–H groups in total. The molecule has 9 nitrogen and oxygen atoms in total. The molecular weight excluding hydrogens is 461 g/mol. The number of piperidine rings is 2. The lowest BCUT2D eigenvalue weighted by Crippen LogP contribution is -2.64. The van der Waals surface area contributed by atoms with Gasteiger partial charge in [-0.2, -0.15) is 33.4 Å². The summed E-state index contributed by atoms with van der Waals surface area (Å²) in [6, 6.07) is 6.68. The molecule has 3 fully saturated rings. The van der Waals surface area contributed by atoms with Gasteiger partial charge in [-0.1, -0.05) is 6.92 Å². The van der Waals surface area contributed by atoms with E-state index in [1.807, 2.05) is 4.90 Å². The largest absolute Gasteiger partial charge is 0.434 e. The summed E-state index contributed by atoms with van der Waals surface area (Å²) in [4.78, 5) is 24.4. The molecule has 180 valence electrons. The maximum Gasteiger partial charge on any atom is 0.434 e. The summed E-state index contributed by atoms with van der Waals surface area (Å²) in [6.07, 6.45) is 1.94. The number of aromatic nitrogens is 5. The van der Waals surface area contributed by atoms with Crippen LogP contribution >= 0.6 is 0 Å². The summed E-state index contributed by atoms with van der Waals surface area (Å²) >= 11 is 0. The molecule has 1 unspecified atom stereocenters. The first-order chi connectivity index (χ1) is 16.8. The number of nitrogens with zero attached hydrogens (tertiary/aromatic N) is 7. The Labute approximate surface area is 198 Å². The number of nitrogens with one attached hydrogen (secondary N) is 1. The van der Waals surface area contributed by atoms with E-state index in [0.29, 0.717) is 35.5 Å². The standard InChI is InChI=1S/C23H21F3N8O/c1-13-15-7-16(8-15)33(19(13)10-29-21-12-28-20(11-30-21)23(24,25)26)22(35)17-6-14(9-27)2-3-18(17)34-31-4-5-32-34/h2-6,11-13,15-16,19H,7-8,10H2,1H3,(H,29,30)/t13-,15?,16?,19?/m1/s1. The molecule has 12 heteroatoms. The summed E-state index contributed by atoms with van der Waals surface area (Å²) in [5.74, 6) is 0.580. The summed E-state index contributed by atoms with van der Waals surface area (Å²) in [7, 11) is 0. The summed E-state index contributed by atoms with van der Waals surface area (Å²) in [6.45, 7) is 2.38. The van der Waals surface area contributed by atoms with Crippen molar-refractivity contribution in [3.8, 4) is 11.8 Å². The van der Waals surface area contributed by atoms with E-state index in [9.17, 15) is 23.2 Å². The van der Waals surface area contributed by atoms with Crippen molar-refractivity contribution in [1.82, 2.24) is 29.9 Å². The number of hydrogen-bond acceptors (Lipinski definition) is 7. The zero-order valence-electron chi connectivity index (χ0n) is 18.6. The molecule has 0 spiro atoms. The molecule has 2 bridgehead atoms. The van der Waals surface area contributed by atoms with E-state index in [4.69, 9.17) is 0 Å². The number of halogens is 3. The van der Waals surface area contributed by atoms with Crippen molar-refractivity contribution in [3.63, 3.8) is 0 Å². The number of amides is 1. The van der Waals surface area contributed by atoms with E-state index < -0.39 is 11.9 Å². The third kappa shape index (κ3) is 4.18. The molecule has 2 aromatic heterocycles. The topological polar surface area (TPSA) is 113 Å². The van der Waals surface area contributed by atoms with Gasteiger partial charge in [-0.3, -0.25) is 4.79 Å². The number of anilines is 1. The number of benzene rings is 1. The molecule has 4 heterocycles. The average Bonchev–Trinajstić information content (AvgIpc) is 3.36. The Balaban J connectivity index is 1.42. The third-order valence-electron chi connectivity index (χ3n) is 6.91. The minimum atomic E-state index is -4.56. The molecule has 2 aliphatic heterocycles. The Morgan fingerprint density at radius 2 is 1.94 bits per heavy atom. The lowest BCUT2D eigenvalue weighted by atomic mass is 9.64. The highest BCUT2D eigenvalue weighted by Crippen LogP contribution is 2.47. The maximum atomic E-state index is 13.9. The van der Waals surface area contributed by atoms with Crippen LogP contribution in [0.2, 0.25) is 0 Å². The van der Waals surface area contributed by atoms with Crippen LogP contribution < -0.4 is 5.32 Å². The van der Waals surface area contributed by atoms with Gasteiger partial charge in [0, 0.05) is 12.6 Å². The molecule has 6 rings (SSSR count). The second kappa shape index (κ2) is 8.65. The third-order valence-corrected chi connectivity index (χ3v) is 6.91. The highest BCUT2D eigenvalue weighted by molar-refractivity contribution is 5.98. The van der Waals surface area contributed by atoms with Crippen LogP contribution in [0.5, 0.6) is 0 Å². The van der Waals surface area contributed by atoms with Gasteiger partial charge in [-0.05, 0) is 42.9 Å². The molecular formula is C23H21F3N8O. The molecule has 1 saturated carbocycles. The Morgan fingerprint density at radius 1 is 1.20 bits per heavy atom. The van der Waals surface area contributed by atoms with Crippen LogP contribution in [0.1, 0.15) is 41.4 Å². The summed E-state index contributed by atoms with van der Waals surface area (Å²) < 4.78 is 38.4. The summed E-state index contributed by atoms with van der Waals surface area (Å²) in [5.41, 5.74) is 0.0605. The van der Waals surface area contributed by atoms with E-state index >= 15 is 0 Å². The second-order valence-corrected chi connectivity index (χ2v) is 8.85. The minimum Gasteiger partial charge on any atom is -0.367 e. The first-order valence-electron chi connectivity index (χ1n) is 11.1. The van der Waals surface area contributed by atoms with E-state index in [1.54, 1.807) is 18.2 Å². The number of rotatable bonds is 5. The van der Waals surface area contributed by atoms with Crippen LogP contribution in [-0.4, -0.2) is 54.4 Å². The predicted molar refractivity (Wildman–Crippen MR) is 117 cm³/mol. The van der Waals surface area contributed by atoms with Crippen molar-refractivity contribution in [2.45, 2.75) is 38.0 Å². The van der Waals surface area contributed by atoms with Crippen molar-refractivity contribution < 1.29 is 18.0 Å². The van der Waals surface area contributed by atoms with E-state index in [1.165, 1.54) is 17.2 Å². The molecule has 0 radical (unpaired) electrons. The predicted octanol–water partition coefficient (Wildman–Crippen LogP) is 3.30. The van der Waals surface area contributed by atoms with Gasteiger partial charge >= 0.3 is 6.18 Å². The number of nitriles is 1. The highest BCUT2D eigenvalue weighted by atomic mass is 19.4. The molecule has 1 aliphatic carbocycles. The first-order valence-corrected chi connectivity index (χ1v) is 11.1. The number of hydrogen-bond donors (Lipinski definition) is 1. The van der Waals surface area contributed by atoms with Gasteiger partial charge in [0.05, 0.1) is 53.7 Å². The number of carbonyl (C=O) groups is 1. The summed E-state index contributed by atoms with van der Waals surface area (Å²) in [5, 5.41) is 20.7. The molecule has 1 aromatic carbocycles. The van der Waals surface area contributed by atoms with Crippen molar-refractivity contribution in [1.29, 1.82) is 5.26 Å². The molecule has 2 saturated heterocycles. The van der Waals surface area contributed by atoms with Crippen LogP contribution in [0.3, 0.4) is 0 Å². The number of carbonyl (C=O) groups excluding carboxylic acids is 1. The van der Waals surface area contributed by atoms with E-state index in [2.05, 4.69) is 38.5 Å². The Morgan fingerprint density at radius 3 is 2.57 bits per heavy atom. The van der Waals surface area contributed by atoms with Crippen LogP contribution in [-0.2, 0) is 6.18 Å². The molecule has 1 amide bonds. The van der Waals surface area contributed by atoms with Crippen LogP contribution in [0.4, 0.5) is 19.0 Å². The van der Waals surface area contributed by atoms with Gasteiger partial charge in [0.15, 0.2) is 5.69 Å². The van der Waals surface area contributed by atoms with Gasteiger partial charge in [0.1, 0.15) is 5.82 Å². The maximum absolute atomic E-state index is 13.9. The van der Waals surface area contributed by atoms with E-state index in [0.717, 1.165) is 19.0 Å². The highest BCUT2D eigenvalue weighted by Gasteiger charge is 2.50. The Hall–Kier alpha value is -4.01. The van der Waals surface area contributed by atoms with Gasteiger partial charge in [0.2, 0.25) is 0 Å². The molecule has 3 aliphatic rings. The van der Waals surface area contributed by atoms with Crippen LogP contribution in [0.25, 0.3) is 5.69 Å². The van der Waals surface area contributed by atoms with Gasteiger partial charge in [0.25, 0.3) is 5.91 Å².